The first-order valence-corrected chi connectivity index (χ1v) is 4.01. The fourth-order valence-electron chi connectivity index (χ4n) is 0.817. The molecule has 114 valence electrons. The largest absolute Gasteiger partial charge is 0.445 e. The molecular formula is C7H3F11O. The summed E-state index contributed by atoms with van der Waals surface area (Å²) in [4.78, 5) is 0. The first kappa shape index (κ1) is 17.9. The number of allylic oxidation sites excluding steroid dienone is 1. The Hall–Kier alpha value is -1.07. The lowest BCUT2D eigenvalue weighted by molar-refractivity contribution is -0.368. The van der Waals surface area contributed by atoms with Crippen molar-refractivity contribution < 1.29 is 53.4 Å². The Morgan fingerprint density at radius 1 is 0.737 bits per heavy atom. The van der Waals surface area contributed by atoms with Gasteiger partial charge in [-0.05, 0) is 0 Å². The molecule has 0 aromatic carbocycles. The molecule has 0 aliphatic heterocycles. The fourth-order valence-corrected chi connectivity index (χ4v) is 0.817. The minimum atomic E-state index is -6.55. The van der Waals surface area contributed by atoms with E-state index in [-0.39, 0.29) is 0 Å². The Balaban J connectivity index is 5.66. The van der Waals surface area contributed by atoms with Crippen molar-refractivity contribution >= 4 is 0 Å². The first-order chi connectivity index (χ1) is 8.04. The third kappa shape index (κ3) is 3.70. The topological polar surface area (TPSA) is 20.2 Å². The van der Waals surface area contributed by atoms with Gasteiger partial charge in [0.05, 0.1) is 0 Å². The van der Waals surface area contributed by atoms with Gasteiger partial charge in [0.2, 0.25) is 5.83 Å². The molecule has 0 saturated carbocycles. The number of aliphatic hydroxyl groups is 1. The molecule has 0 heterocycles. The summed E-state index contributed by atoms with van der Waals surface area (Å²) in [6.07, 6.45) is -22.5. The van der Waals surface area contributed by atoms with Crippen molar-refractivity contribution in [2.75, 3.05) is 0 Å². The molecule has 0 atom stereocenters. The van der Waals surface area contributed by atoms with E-state index in [1.165, 1.54) is 0 Å². The van der Waals surface area contributed by atoms with E-state index >= 15 is 0 Å². The third-order valence-electron chi connectivity index (χ3n) is 1.84. The fraction of sp³-hybridized carbons (Fsp3) is 0.714. The van der Waals surface area contributed by atoms with Crippen LogP contribution < -0.4 is 0 Å². The SMILES string of the molecule is OC(CC(F)=C(F)C(F)(F)F)(C(F)(F)F)C(F)(F)F. The number of halogens is 11. The molecule has 0 saturated heterocycles. The minimum Gasteiger partial charge on any atom is -0.373 e. The highest BCUT2D eigenvalue weighted by Crippen LogP contribution is 2.48. The van der Waals surface area contributed by atoms with Gasteiger partial charge in [0.1, 0.15) is 5.83 Å². The number of hydrogen-bond acceptors (Lipinski definition) is 1. The summed E-state index contributed by atoms with van der Waals surface area (Å²) in [6.45, 7) is 0. The van der Waals surface area contributed by atoms with Crippen molar-refractivity contribution in [2.24, 2.45) is 0 Å². The molecule has 0 rings (SSSR count). The molecule has 1 nitrogen and oxygen atoms in total. The van der Waals surface area contributed by atoms with E-state index in [1.807, 2.05) is 0 Å². The van der Waals surface area contributed by atoms with Crippen LogP contribution in [0.25, 0.3) is 0 Å². The summed E-state index contributed by atoms with van der Waals surface area (Å²) < 4.78 is 131. The predicted molar refractivity (Wildman–Crippen MR) is 37.0 cm³/mol. The summed E-state index contributed by atoms with van der Waals surface area (Å²) in [5.41, 5.74) is -5.83. The normalized spacial score (nSPS) is 16.4. The zero-order chi connectivity index (χ0) is 15.9. The van der Waals surface area contributed by atoms with Crippen LogP contribution in [0.3, 0.4) is 0 Å². The summed E-state index contributed by atoms with van der Waals surface area (Å²) in [6, 6.07) is 0. The van der Waals surface area contributed by atoms with Gasteiger partial charge in [0.15, 0.2) is 0 Å². The molecule has 0 bridgehead atoms. The highest BCUT2D eigenvalue weighted by molar-refractivity contribution is 5.12. The van der Waals surface area contributed by atoms with E-state index in [4.69, 9.17) is 5.11 Å². The van der Waals surface area contributed by atoms with Gasteiger partial charge in [-0.2, -0.15) is 43.9 Å². The first-order valence-electron chi connectivity index (χ1n) is 4.01. The van der Waals surface area contributed by atoms with Crippen LogP contribution in [0.2, 0.25) is 0 Å². The smallest absolute Gasteiger partial charge is 0.373 e. The molecule has 0 aromatic heterocycles. The standard InChI is InChI=1S/C7H3F11O/c8-2(3(9)5(10,11)12)1-4(19,6(13,14)15)7(16,17)18/h19H,1H2. The zero-order valence-electron chi connectivity index (χ0n) is 8.31. The molecule has 0 fully saturated rings. The zero-order valence-corrected chi connectivity index (χ0v) is 8.31. The van der Waals surface area contributed by atoms with Crippen LogP contribution in [-0.4, -0.2) is 29.2 Å². The number of alkyl halides is 9. The second kappa shape index (κ2) is 4.80. The maximum Gasteiger partial charge on any atom is 0.445 e. The molecule has 0 amide bonds. The van der Waals surface area contributed by atoms with Crippen molar-refractivity contribution in [3.63, 3.8) is 0 Å². The van der Waals surface area contributed by atoms with Gasteiger partial charge in [-0.25, -0.2) is 4.39 Å². The second-order valence-electron chi connectivity index (χ2n) is 3.25. The van der Waals surface area contributed by atoms with Crippen LogP contribution in [0.15, 0.2) is 11.7 Å². The van der Waals surface area contributed by atoms with E-state index in [0.29, 0.717) is 0 Å². The molecule has 0 aliphatic carbocycles. The molecular weight excluding hydrogens is 309 g/mol. The van der Waals surface area contributed by atoms with Gasteiger partial charge in [0, 0.05) is 6.42 Å². The molecule has 0 aromatic rings. The number of hydrogen-bond donors (Lipinski definition) is 1. The Morgan fingerprint density at radius 2 is 1.05 bits per heavy atom. The van der Waals surface area contributed by atoms with Crippen LogP contribution in [-0.2, 0) is 0 Å². The van der Waals surface area contributed by atoms with Crippen LogP contribution in [0, 0.1) is 0 Å². The van der Waals surface area contributed by atoms with E-state index in [1.54, 1.807) is 0 Å². The van der Waals surface area contributed by atoms with Crippen LogP contribution in [0.1, 0.15) is 6.42 Å². The maximum absolute atomic E-state index is 12.5. The highest BCUT2D eigenvalue weighted by atomic mass is 19.4. The van der Waals surface area contributed by atoms with E-state index in [9.17, 15) is 48.3 Å². The van der Waals surface area contributed by atoms with E-state index in [0.717, 1.165) is 0 Å². The second-order valence-corrected chi connectivity index (χ2v) is 3.25. The minimum absolute atomic E-state index is 3.27. The van der Waals surface area contributed by atoms with Gasteiger partial charge in [0.25, 0.3) is 5.60 Å². The Labute approximate surface area is 96.9 Å². The van der Waals surface area contributed by atoms with Gasteiger partial charge < -0.3 is 5.11 Å². The summed E-state index contributed by atoms with van der Waals surface area (Å²) in [5, 5.41) is 8.31. The van der Waals surface area contributed by atoms with Crippen LogP contribution in [0.4, 0.5) is 48.3 Å². The quantitative estimate of drug-likeness (QED) is 0.766. The average molecular weight is 312 g/mol. The molecule has 1 N–H and O–H groups in total. The van der Waals surface area contributed by atoms with Gasteiger partial charge in [-0.3, -0.25) is 0 Å². The van der Waals surface area contributed by atoms with Crippen molar-refractivity contribution in [1.29, 1.82) is 0 Å². The summed E-state index contributed by atoms with van der Waals surface area (Å²) in [7, 11) is 0. The molecule has 0 unspecified atom stereocenters. The highest BCUT2D eigenvalue weighted by Gasteiger charge is 2.71. The summed E-state index contributed by atoms with van der Waals surface area (Å²) in [5.74, 6) is -7.19. The van der Waals surface area contributed by atoms with Crippen molar-refractivity contribution in [2.45, 2.75) is 30.6 Å². The predicted octanol–water partition coefficient (Wildman–Crippen LogP) is 3.95. The van der Waals surface area contributed by atoms with E-state index in [2.05, 4.69) is 0 Å². The monoisotopic (exact) mass is 312 g/mol. The molecule has 0 aliphatic rings. The van der Waals surface area contributed by atoms with Gasteiger partial charge in [-0.15, -0.1) is 0 Å². The van der Waals surface area contributed by atoms with Crippen LogP contribution in [0.5, 0.6) is 0 Å². The lowest BCUT2D eigenvalue weighted by atomic mass is 9.97. The maximum atomic E-state index is 12.5. The lowest BCUT2D eigenvalue weighted by Crippen LogP contribution is -2.56. The third-order valence-corrected chi connectivity index (χ3v) is 1.84. The Kier molecular flexibility index (Phi) is 4.53. The van der Waals surface area contributed by atoms with E-state index < -0.39 is 42.2 Å². The molecule has 0 spiro atoms. The Bertz CT molecular complexity index is 343. The molecule has 0 radical (unpaired) electrons. The number of rotatable bonds is 2. The molecule has 19 heavy (non-hydrogen) atoms. The molecule has 12 heteroatoms. The van der Waals surface area contributed by atoms with Crippen LogP contribution >= 0.6 is 0 Å². The van der Waals surface area contributed by atoms with Crippen molar-refractivity contribution in [3.05, 3.63) is 11.7 Å². The van der Waals surface area contributed by atoms with Gasteiger partial charge >= 0.3 is 18.5 Å². The van der Waals surface area contributed by atoms with Crippen molar-refractivity contribution in [1.82, 2.24) is 0 Å². The Morgan fingerprint density at radius 3 is 1.26 bits per heavy atom. The average Bonchev–Trinajstić information content (AvgIpc) is 2.11. The lowest BCUT2D eigenvalue weighted by Gasteiger charge is -2.31. The van der Waals surface area contributed by atoms with Gasteiger partial charge in [-0.1, -0.05) is 0 Å². The van der Waals surface area contributed by atoms with Crippen molar-refractivity contribution in [3.8, 4) is 0 Å². The summed E-state index contributed by atoms with van der Waals surface area (Å²) >= 11 is 0.